The van der Waals surface area contributed by atoms with Gasteiger partial charge in [0.05, 0.1) is 13.2 Å². The van der Waals surface area contributed by atoms with Crippen LogP contribution in [-0.4, -0.2) is 43.3 Å². The van der Waals surface area contributed by atoms with Crippen molar-refractivity contribution < 1.29 is 4.74 Å². The maximum Gasteiger partial charge on any atom is 0.0622 e. The van der Waals surface area contributed by atoms with Gasteiger partial charge in [-0.3, -0.25) is 4.90 Å². The molecule has 86 valence electrons. The summed E-state index contributed by atoms with van der Waals surface area (Å²) in [6.07, 6.45) is 6.73. The van der Waals surface area contributed by atoms with Crippen molar-refractivity contribution in [1.29, 1.82) is 0 Å². The zero-order chi connectivity index (χ0) is 10.7. The van der Waals surface area contributed by atoms with Crippen molar-refractivity contribution in [2.75, 3.05) is 26.3 Å². The first kappa shape index (κ1) is 11.1. The van der Waals surface area contributed by atoms with E-state index in [0.29, 0.717) is 12.0 Å². The summed E-state index contributed by atoms with van der Waals surface area (Å²) in [5.74, 6) is 0.659. The first-order valence-electron chi connectivity index (χ1n) is 6.05. The number of ether oxygens (including phenoxy) is 1. The minimum atomic E-state index is 0.288. The lowest BCUT2D eigenvalue weighted by molar-refractivity contribution is -0.0129. The first-order chi connectivity index (χ1) is 7.29. The molecule has 0 amide bonds. The van der Waals surface area contributed by atoms with E-state index in [1.165, 1.54) is 6.42 Å². The van der Waals surface area contributed by atoms with Gasteiger partial charge in [-0.1, -0.05) is 19.1 Å². The number of morpholine rings is 1. The van der Waals surface area contributed by atoms with Crippen LogP contribution < -0.4 is 5.73 Å². The molecule has 0 radical (unpaired) electrons. The average Bonchev–Trinajstić information content (AvgIpc) is 2.65. The molecule has 1 aliphatic heterocycles. The standard InChI is InChI=1S/C12H22N2O/c1-2-12-9-15-6-5-14(12)8-10-3-4-11(13)7-10/h3-4,10-12H,2,5-9,13H2,1H3. The quantitative estimate of drug-likeness (QED) is 0.706. The minimum absolute atomic E-state index is 0.288. The molecule has 0 aromatic carbocycles. The van der Waals surface area contributed by atoms with Crippen molar-refractivity contribution in [1.82, 2.24) is 4.90 Å². The van der Waals surface area contributed by atoms with Crippen molar-refractivity contribution in [3.8, 4) is 0 Å². The summed E-state index contributed by atoms with van der Waals surface area (Å²) in [6.45, 7) is 6.27. The van der Waals surface area contributed by atoms with Crippen LogP contribution >= 0.6 is 0 Å². The monoisotopic (exact) mass is 210 g/mol. The summed E-state index contributed by atoms with van der Waals surface area (Å²) >= 11 is 0. The molecule has 1 fully saturated rings. The second-order valence-electron chi connectivity index (χ2n) is 4.68. The lowest BCUT2D eigenvalue weighted by atomic mass is 10.0. The molecule has 3 atom stereocenters. The summed E-state index contributed by atoms with van der Waals surface area (Å²) in [5.41, 5.74) is 5.87. The fraction of sp³-hybridized carbons (Fsp3) is 0.833. The molecule has 0 spiro atoms. The van der Waals surface area contributed by atoms with Gasteiger partial charge in [0.2, 0.25) is 0 Å². The molecule has 2 N–H and O–H groups in total. The molecule has 0 aromatic rings. The van der Waals surface area contributed by atoms with Crippen molar-refractivity contribution in [2.45, 2.75) is 31.8 Å². The highest BCUT2D eigenvalue weighted by Gasteiger charge is 2.25. The van der Waals surface area contributed by atoms with E-state index < -0.39 is 0 Å². The maximum absolute atomic E-state index is 5.87. The minimum Gasteiger partial charge on any atom is -0.378 e. The molecule has 1 saturated heterocycles. The first-order valence-corrected chi connectivity index (χ1v) is 6.05. The molecule has 2 aliphatic rings. The summed E-state index contributed by atoms with van der Waals surface area (Å²) < 4.78 is 5.50. The Bertz CT molecular complexity index is 230. The van der Waals surface area contributed by atoms with Crippen LogP contribution in [0.15, 0.2) is 12.2 Å². The molecule has 3 unspecified atom stereocenters. The largest absolute Gasteiger partial charge is 0.378 e. The number of rotatable bonds is 3. The number of hydrogen-bond acceptors (Lipinski definition) is 3. The molecule has 3 nitrogen and oxygen atoms in total. The van der Waals surface area contributed by atoms with Crippen molar-refractivity contribution in [3.63, 3.8) is 0 Å². The van der Waals surface area contributed by atoms with Gasteiger partial charge in [-0.15, -0.1) is 0 Å². The van der Waals surface area contributed by atoms with E-state index in [-0.39, 0.29) is 6.04 Å². The second kappa shape index (κ2) is 5.10. The highest BCUT2D eigenvalue weighted by Crippen LogP contribution is 2.20. The summed E-state index contributed by atoms with van der Waals surface area (Å²) in [4.78, 5) is 2.57. The van der Waals surface area contributed by atoms with Crippen LogP contribution in [0, 0.1) is 5.92 Å². The lowest BCUT2D eigenvalue weighted by Crippen LogP contribution is -2.46. The molecule has 3 heteroatoms. The van der Waals surface area contributed by atoms with Gasteiger partial charge >= 0.3 is 0 Å². The van der Waals surface area contributed by atoms with E-state index in [1.807, 2.05) is 0 Å². The number of nitrogens with zero attached hydrogens (tertiary/aromatic N) is 1. The van der Waals surface area contributed by atoms with Gasteiger partial charge in [-0.2, -0.15) is 0 Å². The summed E-state index contributed by atoms with van der Waals surface area (Å²) in [6, 6.07) is 0.903. The van der Waals surface area contributed by atoms with Gasteiger partial charge in [0.15, 0.2) is 0 Å². The van der Waals surface area contributed by atoms with E-state index in [9.17, 15) is 0 Å². The Morgan fingerprint density at radius 1 is 1.47 bits per heavy atom. The second-order valence-corrected chi connectivity index (χ2v) is 4.68. The third-order valence-electron chi connectivity index (χ3n) is 3.50. The Labute approximate surface area is 92.3 Å². The third kappa shape index (κ3) is 2.80. The SMILES string of the molecule is CCC1COCCN1CC1C=CC(N)C1. The zero-order valence-electron chi connectivity index (χ0n) is 9.56. The molecule has 0 aromatic heterocycles. The summed E-state index contributed by atoms with van der Waals surface area (Å²) in [7, 11) is 0. The topological polar surface area (TPSA) is 38.5 Å². The van der Waals surface area contributed by atoms with Gasteiger partial charge in [0, 0.05) is 25.2 Å². The van der Waals surface area contributed by atoms with Crippen LogP contribution in [0.25, 0.3) is 0 Å². The van der Waals surface area contributed by atoms with E-state index in [1.54, 1.807) is 0 Å². The Kier molecular flexibility index (Phi) is 3.78. The third-order valence-corrected chi connectivity index (χ3v) is 3.50. The Morgan fingerprint density at radius 3 is 3.00 bits per heavy atom. The van der Waals surface area contributed by atoms with Gasteiger partial charge in [-0.25, -0.2) is 0 Å². The summed E-state index contributed by atoms with van der Waals surface area (Å²) in [5, 5.41) is 0. The van der Waals surface area contributed by atoms with Crippen LogP contribution in [0.5, 0.6) is 0 Å². The van der Waals surface area contributed by atoms with Gasteiger partial charge in [-0.05, 0) is 18.8 Å². The number of hydrogen-bond donors (Lipinski definition) is 1. The molecular weight excluding hydrogens is 188 g/mol. The van der Waals surface area contributed by atoms with Crippen molar-refractivity contribution in [2.24, 2.45) is 11.7 Å². The fourth-order valence-corrected chi connectivity index (χ4v) is 2.55. The molecule has 0 bridgehead atoms. The van der Waals surface area contributed by atoms with Crippen LogP contribution in [0.2, 0.25) is 0 Å². The van der Waals surface area contributed by atoms with Crippen LogP contribution in [-0.2, 0) is 4.74 Å². The van der Waals surface area contributed by atoms with E-state index in [2.05, 4.69) is 24.0 Å². The van der Waals surface area contributed by atoms with Gasteiger partial charge in [0.25, 0.3) is 0 Å². The molecule has 1 aliphatic carbocycles. The molecule has 2 rings (SSSR count). The molecule has 15 heavy (non-hydrogen) atoms. The molecular formula is C12H22N2O. The Morgan fingerprint density at radius 2 is 2.33 bits per heavy atom. The van der Waals surface area contributed by atoms with E-state index in [4.69, 9.17) is 10.5 Å². The van der Waals surface area contributed by atoms with Crippen molar-refractivity contribution >= 4 is 0 Å². The van der Waals surface area contributed by atoms with Gasteiger partial charge in [0.1, 0.15) is 0 Å². The highest BCUT2D eigenvalue weighted by atomic mass is 16.5. The highest BCUT2D eigenvalue weighted by molar-refractivity contribution is 5.05. The number of nitrogens with two attached hydrogens (primary N) is 1. The predicted octanol–water partition coefficient (Wildman–Crippen LogP) is 1.00. The molecule has 1 heterocycles. The fourth-order valence-electron chi connectivity index (χ4n) is 2.55. The van der Waals surface area contributed by atoms with Gasteiger partial charge < -0.3 is 10.5 Å². The molecule has 0 saturated carbocycles. The smallest absolute Gasteiger partial charge is 0.0622 e. The Balaban J connectivity index is 1.84. The van der Waals surface area contributed by atoms with E-state index >= 15 is 0 Å². The lowest BCUT2D eigenvalue weighted by Gasteiger charge is -2.36. The van der Waals surface area contributed by atoms with Crippen LogP contribution in [0.3, 0.4) is 0 Å². The average molecular weight is 210 g/mol. The van der Waals surface area contributed by atoms with Crippen LogP contribution in [0.4, 0.5) is 0 Å². The zero-order valence-corrected chi connectivity index (χ0v) is 9.56. The predicted molar refractivity (Wildman–Crippen MR) is 61.7 cm³/mol. The Hall–Kier alpha value is -0.380. The van der Waals surface area contributed by atoms with Crippen molar-refractivity contribution in [3.05, 3.63) is 12.2 Å². The maximum atomic E-state index is 5.87. The normalized spacial score (nSPS) is 37.3. The van der Waals surface area contributed by atoms with Crippen LogP contribution in [0.1, 0.15) is 19.8 Å². The van der Waals surface area contributed by atoms with E-state index in [0.717, 1.165) is 32.7 Å².